The first-order valence-electron chi connectivity index (χ1n) is 11.1. The Bertz CT molecular complexity index is 598. The van der Waals surface area contributed by atoms with Crippen LogP contribution in [0.3, 0.4) is 0 Å². The van der Waals surface area contributed by atoms with Gasteiger partial charge in [0.15, 0.2) is 0 Å². The van der Waals surface area contributed by atoms with Gasteiger partial charge in [0.1, 0.15) is 0 Å². The summed E-state index contributed by atoms with van der Waals surface area (Å²) in [5, 5.41) is 31.7. The summed E-state index contributed by atoms with van der Waals surface area (Å²) < 4.78 is 4.57. The number of unbranched alkanes of at least 4 members (excludes halogenated alkanes) is 2. The van der Waals surface area contributed by atoms with Crippen molar-refractivity contribution in [2.24, 2.45) is 17.3 Å². The van der Waals surface area contributed by atoms with E-state index in [1.807, 2.05) is 13.0 Å². The molecule has 5 atom stereocenters. The van der Waals surface area contributed by atoms with E-state index in [0.717, 1.165) is 57.8 Å². The minimum atomic E-state index is -0.491. The largest absolute Gasteiger partial charge is 0.466 e. The van der Waals surface area contributed by atoms with Crippen molar-refractivity contribution in [3.05, 3.63) is 12.2 Å². The summed E-state index contributed by atoms with van der Waals surface area (Å²) in [7, 11) is 1.36. The highest BCUT2D eigenvalue weighted by Gasteiger charge is 2.45. The molecule has 29 heavy (non-hydrogen) atoms. The minimum absolute atomic E-state index is 0.0413. The summed E-state index contributed by atoms with van der Waals surface area (Å²) in [6.45, 7) is 1.84. The molecule has 5 heteroatoms. The van der Waals surface area contributed by atoms with Crippen LogP contribution in [0.2, 0.25) is 0 Å². The molecule has 5 nitrogen and oxygen atoms in total. The van der Waals surface area contributed by atoms with Crippen molar-refractivity contribution in [2.75, 3.05) is 7.11 Å². The Morgan fingerprint density at radius 2 is 1.90 bits per heavy atom. The Hall–Kier alpha value is -1.35. The van der Waals surface area contributed by atoms with Gasteiger partial charge in [-0.3, -0.25) is 0 Å². The number of carbonyl (C=O) groups excluding carboxylic acids is 1. The summed E-state index contributed by atoms with van der Waals surface area (Å²) in [6.07, 6.45) is 11.2. The Labute approximate surface area is 175 Å². The molecule has 0 spiro atoms. The van der Waals surface area contributed by atoms with Gasteiger partial charge in [-0.25, -0.2) is 4.79 Å². The molecular formula is C24H38O5. The van der Waals surface area contributed by atoms with Gasteiger partial charge in [0.2, 0.25) is 0 Å². The van der Waals surface area contributed by atoms with Crippen molar-refractivity contribution in [1.29, 1.82) is 0 Å². The first-order chi connectivity index (χ1) is 13.9. The van der Waals surface area contributed by atoms with Crippen LogP contribution in [0.1, 0.15) is 77.6 Å². The number of aliphatic hydroxyl groups is 3. The van der Waals surface area contributed by atoms with Gasteiger partial charge in [0, 0.05) is 17.9 Å². The molecule has 2 fully saturated rings. The van der Waals surface area contributed by atoms with Crippen LogP contribution in [0.5, 0.6) is 0 Å². The van der Waals surface area contributed by atoms with Crippen molar-refractivity contribution in [3.8, 4) is 11.8 Å². The average Bonchev–Trinajstić information content (AvgIpc) is 2.94. The number of carbonyl (C=O) groups is 1. The second kappa shape index (κ2) is 11.7. The fourth-order valence-electron chi connectivity index (χ4n) is 5.05. The molecule has 2 aliphatic rings. The number of allylic oxidation sites excluding steroid dienone is 1. The van der Waals surface area contributed by atoms with E-state index in [9.17, 15) is 20.1 Å². The molecule has 3 N–H and O–H groups in total. The van der Waals surface area contributed by atoms with Gasteiger partial charge >= 0.3 is 5.97 Å². The normalized spacial score (nSPS) is 29.1. The molecule has 0 aliphatic heterocycles. The molecule has 1 unspecified atom stereocenters. The van der Waals surface area contributed by atoms with Gasteiger partial charge in [0.05, 0.1) is 25.4 Å². The van der Waals surface area contributed by atoms with Gasteiger partial charge in [-0.15, -0.1) is 11.8 Å². The molecule has 0 aromatic rings. The summed E-state index contributed by atoms with van der Waals surface area (Å²) in [5.74, 6) is 5.87. The highest BCUT2D eigenvalue weighted by atomic mass is 16.5. The fraction of sp³-hybridized carbons (Fsp3) is 0.792. The Morgan fingerprint density at radius 1 is 1.21 bits per heavy atom. The van der Waals surface area contributed by atoms with E-state index in [1.54, 1.807) is 0 Å². The van der Waals surface area contributed by atoms with E-state index >= 15 is 0 Å². The molecule has 2 aliphatic carbocycles. The van der Waals surface area contributed by atoms with Crippen molar-refractivity contribution in [2.45, 2.75) is 95.9 Å². The Kier molecular flexibility index (Phi) is 9.68. The Morgan fingerprint density at radius 3 is 2.48 bits per heavy atom. The highest BCUT2D eigenvalue weighted by Crippen LogP contribution is 2.49. The quantitative estimate of drug-likeness (QED) is 0.212. The number of esters is 1. The maximum absolute atomic E-state index is 11.1. The molecule has 0 saturated heterocycles. The van der Waals surface area contributed by atoms with Gasteiger partial charge in [-0.1, -0.05) is 18.9 Å². The number of methoxy groups -OCH3 is 1. The van der Waals surface area contributed by atoms with E-state index in [-0.39, 0.29) is 29.3 Å². The number of hydrogen-bond acceptors (Lipinski definition) is 5. The number of aliphatic hydroxyl groups excluding tert-OH is 3. The van der Waals surface area contributed by atoms with Gasteiger partial charge < -0.3 is 20.1 Å². The Balaban J connectivity index is 1.80. The zero-order valence-electron chi connectivity index (χ0n) is 18.0. The van der Waals surface area contributed by atoms with Crippen LogP contribution in [-0.2, 0) is 9.53 Å². The van der Waals surface area contributed by atoms with Gasteiger partial charge in [-0.05, 0) is 70.1 Å². The lowest BCUT2D eigenvalue weighted by Gasteiger charge is -2.45. The van der Waals surface area contributed by atoms with Crippen LogP contribution in [0.25, 0.3) is 0 Å². The maximum atomic E-state index is 11.1. The standard InChI is InChI=1S/C24H38O5/c1-3-4-14-24(15-9-16-24)22(27)13-12-19-18(20(25)17-21(19)26)10-7-5-6-8-11-23(28)29-2/h8,11,18-22,25-27H,5-7,9-10,12-17H2,1-2H3/t18-,19-,20+,21-,22?/m1/s1. The smallest absolute Gasteiger partial charge is 0.330 e. The van der Waals surface area contributed by atoms with Crippen LogP contribution in [0.4, 0.5) is 0 Å². The number of ether oxygens (including phenoxy) is 1. The summed E-state index contributed by atoms with van der Waals surface area (Å²) >= 11 is 0. The van der Waals surface area contributed by atoms with E-state index in [1.165, 1.54) is 13.2 Å². The van der Waals surface area contributed by atoms with E-state index < -0.39 is 12.2 Å². The predicted molar refractivity (Wildman–Crippen MR) is 113 cm³/mol. The summed E-state index contributed by atoms with van der Waals surface area (Å²) in [5.41, 5.74) is -0.0628. The minimum Gasteiger partial charge on any atom is -0.466 e. The van der Waals surface area contributed by atoms with Crippen LogP contribution in [0, 0.1) is 29.1 Å². The van der Waals surface area contributed by atoms with E-state index in [4.69, 9.17) is 0 Å². The fourth-order valence-corrected chi connectivity index (χ4v) is 5.05. The monoisotopic (exact) mass is 406 g/mol. The number of hydrogen-bond donors (Lipinski definition) is 3. The molecule has 0 radical (unpaired) electrons. The van der Waals surface area contributed by atoms with Gasteiger partial charge in [-0.2, -0.15) is 0 Å². The SMILES string of the molecule is CC#CCC1(C(O)CC[C@@H]2[C@@H](CCCCC=CC(=O)OC)[C@@H](O)C[C@H]2O)CCC1. The maximum Gasteiger partial charge on any atom is 0.330 e. The second-order valence-electron chi connectivity index (χ2n) is 8.82. The lowest BCUT2D eigenvalue weighted by atomic mass is 9.62. The van der Waals surface area contributed by atoms with Crippen LogP contribution in [-0.4, -0.2) is 46.7 Å². The van der Waals surface area contributed by atoms with Crippen LogP contribution < -0.4 is 0 Å². The second-order valence-corrected chi connectivity index (χ2v) is 8.82. The van der Waals surface area contributed by atoms with Crippen molar-refractivity contribution < 1.29 is 24.9 Å². The highest BCUT2D eigenvalue weighted by molar-refractivity contribution is 5.81. The molecule has 0 heterocycles. The number of rotatable bonds is 11. The zero-order chi connectivity index (χ0) is 21.3. The molecule has 2 saturated carbocycles. The first kappa shape index (κ1) is 23.9. The van der Waals surface area contributed by atoms with Gasteiger partial charge in [0.25, 0.3) is 0 Å². The molecule has 164 valence electrons. The third kappa shape index (κ3) is 6.57. The molecule has 0 aromatic carbocycles. The van der Waals surface area contributed by atoms with Crippen LogP contribution >= 0.6 is 0 Å². The predicted octanol–water partition coefficient (Wildman–Crippen LogP) is 3.36. The summed E-state index contributed by atoms with van der Waals surface area (Å²) in [4.78, 5) is 11.1. The van der Waals surface area contributed by atoms with E-state index in [0.29, 0.717) is 12.8 Å². The topological polar surface area (TPSA) is 87.0 Å². The molecule has 0 amide bonds. The van der Waals surface area contributed by atoms with Crippen molar-refractivity contribution >= 4 is 5.97 Å². The molecule has 2 rings (SSSR count). The zero-order valence-corrected chi connectivity index (χ0v) is 18.0. The lowest BCUT2D eigenvalue weighted by molar-refractivity contribution is -0.134. The molecular weight excluding hydrogens is 368 g/mol. The molecule has 0 bridgehead atoms. The first-order valence-corrected chi connectivity index (χ1v) is 11.1. The third-order valence-electron chi connectivity index (χ3n) is 7.08. The van der Waals surface area contributed by atoms with Crippen molar-refractivity contribution in [1.82, 2.24) is 0 Å². The molecule has 0 aromatic heterocycles. The third-order valence-corrected chi connectivity index (χ3v) is 7.08. The lowest BCUT2D eigenvalue weighted by Crippen LogP contribution is -2.41. The average molecular weight is 407 g/mol. The summed E-state index contributed by atoms with van der Waals surface area (Å²) in [6, 6.07) is 0. The van der Waals surface area contributed by atoms with E-state index in [2.05, 4.69) is 16.6 Å². The van der Waals surface area contributed by atoms with Crippen LogP contribution in [0.15, 0.2) is 12.2 Å². The van der Waals surface area contributed by atoms with Crippen molar-refractivity contribution in [3.63, 3.8) is 0 Å².